The van der Waals surface area contributed by atoms with Gasteiger partial charge in [0.05, 0.1) is 18.2 Å². The van der Waals surface area contributed by atoms with Crippen molar-refractivity contribution >= 4 is 5.91 Å². The minimum atomic E-state index is -0.274. The maximum Gasteiger partial charge on any atom is 0.234 e. The second-order valence-electron chi connectivity index (χ2n) is 3.83. The Morgan fingerprint density at radius 3 is 2.13 bits per heavy atom. The largest absolute Gasteiger partial charge is 0.377 e. The molecule has 15 heavy (non-hydrogen) atoms. The van der Waals surface area contributed by atoms with Crippen molar-refractivity contribution in [2.45, 2.75) is 31.6 Å². The lowest BCUT2D eigenvalue weighted by Gasteiger charge is -2.23. The Morgan fingerprint density at radius 1 is 1.40 bits per heavy atom. The Labute approximate surface area is 90.5 Å². The molecule has 1 saturated heterocycles. The van der Waals surface area contributed by atoms with Crippen LogP contribution in [0, 0.1) is 0 Å². The van der Waals surface area contributed by atoms with Crippen LogP contribution in [0.25, 0.3) is 0 Å². The fourth-order valence-corrected chi connectivity index (χ4v) is 2.12. The minimum absolute atomic E-state index is 0.0309. The van der Waals surface area contributed by atoms with Crippen LogP contribution in [-0.4, -0.2) is 56.4 Å². The molecule has 2 N–H and O–H groups in total. The number of nitrogens with zero attached hydrogens (tertiary/aromatic N) is 1. The summed E-state index contributed by atoms with van der Waals surface area (Å²) in [5.74, 6) is -0.274. The van der Waals surface area contributed by atoms with E-state index in [2.05, 4.69) is 0 Å². The summed E-state index contributed by atoms with van der Waals surface area (Å²) in [6, 6.07) is -0.206. The van der Waals surface area contributed by atoms with Crippen LogP contribution in [0.3, 0.4) is 0 Å². The summed E-state index contributed by atoms with van der Waals surface area (Å²) in [4.78, 5) is 13.2. The fourth-order valence-electron chi connectivity index (χ4n) is 2.12. The first-order chi connectivity index (χ1) is 7.13. The van der Waals surface area contributed by atoms with Crippen LogP contribution in [0.2, 0.25) is 0 Å². The standard InChI is InChI=1S/C10H20N2O3/c1-4-7(10(11)13)12-5-8(14-2)9(6-12)15-3/h7-9H,4-6H2,1-3H3,(H2,11,13). The average Bonchev–Trinajstić information content (AvgIpc) is 2.61. The van der Waals surface area contributed by atoms with Gasteiger partial charge in [0.25, 0.3) is 0 Å². The van der Waals surface area contributed by atoms with Gasteiger partial charge in [-0.2, -0.15) is 0 Å². The lowest BCUT2D eigenvalue weighted by molar-refractivity contribution is -0.123. The second-order valence-corrected chi connectivity index (χ2v) is 3.83. The molecule has 0 bridgehead atoms. The third-order valence-electron chi connectivity index (χ3n) is 3.00. The highest BCUT2D eigenvalue weighted by Crippen LogP contribution is 2.19. The van der Waals surface area contributed by atoms with Gasteiger partial charge in [0.1, 0.15) is 0 Å². The highest BCUT2D eigenvalue weighted by atomic mass is 16.5. The van der Waals surface area contributed by atoms with Crippen LogP contribution in [0.5, 0.6) is 0 Å². The third-order valence-corrected chi connectivity index (χ3v) is 3.00. The monoisotopic (exact) mass is 216 g/mol. The number of carbonyl (C=O) groups excluding carboxylic acids is 1. The Hall–Kier alpha value is -0.650. The number of nitrogens with two attached hydrogens (primary N) is 1. The summed E-state index contributed by atoms with van der Waals surface area (Å²) in [5, 5.41) is 0. The van der Waals surface area contributed by atoms with Crippen molar-refractivity contribution in [1.82, 2.24) is 4.90 Å². The van der Waals surface area contributed by atoms with Gasteiger partial charge in [-0.3, -0.25) is 9.69 Å². The molecule has 0 radical (unpaired) electrons. The van der Waals surface area contributed by atoms with Gasteiger partial charge >= 0.3 is 0 Å². The van der Waals surface area contributed by atoms with E-state index in [0.717, 1.165) is 6.42 Å². The van der Waals surface area contributed by atoms with Crippen LogP contribution >= 0.6 is 0 Å². The molecule has 1 rings (SSSR count). The van der Waals surface area contributed by atoms with Crippen LogP contribution < -0.4 is 5.73 Å². The number of rotatable bonds is 5. The number of likely N-dealkylation sites (tertiary alicyclic amines) is 1. The molecule has 1 fully saturated rings. The summed E-state index contributed by atoms with van der Waals surface area (Å²) >= 11 is 0. The molecule has 5 nitrogen and oxygen atoms in total. The van der Waals surface area contributed by atoms with Gasteiger partial charge < -0.3 is 15.2 Å². The van der Waals surface area contributed by atoms with E-state index in [4.69, 9.17) is 15.2 Å². The normalized spacial score (nSPS) is 29.3. The number of amides is 1. The number of hydrogen-bond donors (Lipinski definition) is 1. The summed E-state index contributed by atoms with van der Waals surface area (Å²) in [7, 11) is 3.32. The Kier molecular flexibility index (Phi) is 4.50. The van der Waals surface area contributed by atoms with Gasteiger partial charge in [-0.05, 0) is 6.42 Å². The number of methoxy groups -OCH3 is 2. The zero-order valence-corrected chi connectivity index (χ0v) is 9.60. The zero-order chi connectivity index (χ0) is 11.4. The van der Waals surface area contributed by atoms with Gasteiger partial charge in [-0.15, -0.1) is 0 Å². The molecule has 1 aliphatic rings. The van der Waals surface area contributed by atoms with Crippen molar-refractivity contribution < 1.29 is 14.3 Å². The number of carbonyl (C=O) groups is 1. The highest BCUT2D eigenvalue weighted by molar-refractivity contribution is 5.79. The van der Waals surface area contributed by atoms with Gasteiger partial charge in [0.15, 0.2) is 0 Å². The topological polar surface area (TPSA) is 64.8 Å². The molecule has 3 unspecified atom stereocenters. The van der Waals surface area contributed by atoms with Crippen LogP contribution in [0.1, 0.15) is 13.3 Å². The minimum Gasteiger partial charge on any atom is -0.377 e. The molecule has 5 heteroatoms. The van der Waals surface area contributed by atoms with Crippen LogP contribution in [-0.2, 0) is 14.3 Å². The second kappa shape index (κ2) is 5.44. The molecule has 1 amide bonds. The molecule has 0 aromatic carbocycles. The first-order valence-corrected chi connectivity index (χ1v) is 5.23. The van der Waals surface area contributed by atoms with Crippen molar-refractivity contribution in [1.29, 1.82) is 0 Å². The molecule has 1 heterocycles. The maximum atomic E-state index is 11.2. The van der Waals surface area contributed by atoms with Crippen molar-refractivity contribution in [2.75, 3.05) is 27.3 Å². The van der Waals surface area contributed by atoms with E-state index in [1.807, 2.05) is 11.8 Å². The van der Waals surface area contributed by atoms with Gasteiger partial charge in [0, 0.05) is 27.3 Å². The molecular weight excluding hydrogens is 196 g/mol. The van der Waals surface area contributed by atoms with E-state index in [-0.39, 0.29) is 24.2 Å². The number of ether oxygens (including phenoxy) is 2. The van der Waals surface area contributed by atoms with E-state index in [1.54, 1.807) is 14.2 Å². The van der Waals surface area contributed by atoms with E-state index in [0.29, 0.717) is 13.1 Å². The lowest BCUT2D eigenvalue weighted by Crippen LogP contribution is -2.43. The third kappa shape index (κ3) is 2.68. The van der Waals surface area contributed by atoms with Gasteiger partial charge in [-0.1, -0.05) is 6.92 Å². The van der Waals surface area contributed by atoms with Gasteiger partial charge in [-0.25, -0.2) is 0 Å². The summed E-state index contributed by atoms with van der Waals surface area (Å²) < 4.78 is 10.6. The molecular formula is C10H20N2O3. The summed E-state index contributed by atoms with van der Waals surface area (Å²) in [5.41, 5.74) is 5.34. The molecule has 0 spiro atoms. The van der Waals surface area contributed by atoms with Crippen molar-refractivity contribution in [3.8, 4) is 0 Å². The molecule has 0 aliphatic carbocycles. The Morgan fingerprint density at radius 2 is 1.87 bits per heavy atom. The quantitative estimate of drug-likeness (QED) is 0.679. The number of hydrogen-bond acceptors (Lipinski definition) is 4. The van der Waals surface area contributed by atoms with Crippen molar-refractivity contribution in [3.63, 3.8) is 0 Å². The maximum absolute atomic E-state index is 11.2. The molecule has 0 saturated carbocycles. The summed E-state index contributed by atoms with van der Waals surface area (Å²) in [6.07, 6.45) is 0.786. The number of primary amides is 1. The highest BCUT2D eigenvalue weighted by Gasteiger charge is 2.37. The predicted molar refractivity (Wildman–Crippen MR) is 56.4 cm³/mol. The SMILES string of the molecule is CCC(C(N)=O)N1CC(OC)C(OC)C1. The van der Waals surface area contributed by atoms with E-state index < -0.39 is 0 Å². The van der Waals surface area contributed by atoms with E-state index >= 15 is 0 Å². The van der Waals surface area contributed by atoms with Crippen molar-refractivity contribution in [3.05, 3.63) is 0 Å². The molecule has 0 aromatic rings. The molecule has 0 aromatic heterocycles. The van der Waals surface area contributed by atoms with Crippen LogP contribution in [0.4, 0.5) is 0 Å². The average molecular weight is 216 g/mol. The first-order valence-electron chi connectivity index (χ1n) is 5.23. The Balaban J connectivity index is 2.62. The predicted octanol–water partition coefficient (Wildman–Crippen LogP) is -0.404. The Bertz CT molecular complexity index is 211. The van der Waals surface area contributed by atoms with E-state index in [1.165, 1.54) is 0 Å². The van der Waals surface area contributed by atoms with E-state index in [9.17, 15) is 4.79 Å². The van der Waals surface area contributed by atoms with Gasteiger partial charge in [0.2, 0.25) is 5.91 Å². The lowest BCUT2D eigenvalue weighted by atomic mass is 10.2. The smallest absolute Gasteiger partial charge is 0.234 e. The summed E-state index contributed by atoms with van der Waals surface area (Å²) in [6.45, 7) is 3.37. The first kappa shape index (κ1) is 12.4. The zero-order valence-electron chi connectivity index (χ0n) is 9.60. The molecule has 3 atom stereocenters. The molecule has 88 valence electrons. The fraction of sp³-hybridized carbons (Fsp3) is 0.900. The van der Waals surface area contributed by atoms with Crippen LogP contribution in [0.15, 0.2) is 0 Å². The van der Waals surface area contributed by atoms with Crippen molar-refractivity contribution in [2.24, 2.45) is 5.73 Å². The molecule has 1 aliphatic heterocycles.